The van der Waals surface area contributed by atoms with Gasteiger partial charge >= 0.3 is 11.9 Å². The van der Waals surface area contributed by atoms with E-state index in [1.54, 1.807) is 45.0 Å². The molecule has 0 radical (unpaired) electrons. The maximum atomic E-state index is 13.3. The van der Waals surface area contributed by atoms with Crippen molar-refractivity contribution < 1.29 is 23.8 Å². The van der Waals surface area contributed by atoms with E-state index in [0.29, 0.717) is 32.5 Å². The molecule has 2 atom stereocenters. The van der Waals surface area contributed by atoms with Crippen LogP contribution in [0.5, 0.6) is 0 Å². The smallest absolute Gasteiger partial charge is 0.338 e. The van der Waals surface area contributed by atoms with Gasteiger partial charge in [-0.25, -0.2) is 9.59 Å². The van der Waals surface area contributed by atoms with Gasteiger partial charge in [0.25, 0.3) is 0 Å². The number of dihydropyridines is 1. The molecule has 3 heterocycles. The van der Waals surface area contributed by atoms with E-state index in [9.17, 15) is 20.1 Å². The molecule has 0 bridgehead atoms. The number of nitrogens with one attached hydrogen (secondary N) is 1. The summed E-state index contributed by atoms with van der Waals surface area (Å²) in [5, 5.41) is 26.3. The summed E-state index contributed by atoms with van der Waals surface area (Å²) in [6, 6.07) is 14.8. The lowest BCUT2D eigenvalue weighted by molar-refractivity contribution is -0.139. The Bertz CT molecular complexity index is 1600. The van der Waals surface area contributed by atoms with Gasteiger partial charge < -0.3 is 25.3 Å². The first kappa shape index (κ1) is 30.8. The number of ether oxygens (including phenoxy) is 3. The van der Waals surface area contributed by atoms with Crippen LogP contribution in [0.25, 0.3) is 0 Å². The van der Waals surface area contributed by atoms with Gasteiger partial charge in [-0.05, 0) is 49.9 Å². The van der Waals surface area contributed by atoms with Gasteiger partial charge in [0.1, 0.15) is 17.4 Å². The summed E-state index contributed by atoms with van der Waals surface area (Å²) < 4.78 is 16.6. The highest BCUT2D eigenvalue weighted by Crippen LogP contribution is 2.45. The highest BCUT2D eigenvalue weighted by molar-refractivity contribution is 8.03. The number of benzene rings is 1. The number of nitriles is 2. The van der Waals surface area contributed by atoms with Gasteiger partial charge in [0, 0.05) is 15.6 Å². The zero-order valence-corrected chi connectivity index (χ0v) is 25.4. The standard InChI is InChI=1S/C30H27ClN4O5S2/c1-4-38-29(36)23-16(3)35-28(20(14-33)25(23)22-7-6-12-41-22)42-15-21-26(30(37)39-5-2)24(19(13-32)27(34)40-21)17-8-10-18(31)11-9-17/h6-12,24-25,35H,4-5,15,34H2,1-3H3. The van der Waals surface area contributed by atoms with Crippen LogP contribution >= 0.6 is 34.7 Å². The Labute approximate surface area is 256 Å². The number of esters is 2. The Morgan fingerprint density at radius 1 is 1.05 bits per heavy atom. The van der Waals surface area contributed by atoms with Crippen molar-refractivity contribution in [2.75, 3.05) is 19.0 Å². The number of hydrogen-bond donors (Lipinski definition) is 2. The number of allylic oxidation sites excluding steroid dienone is 3. The van der Waals surface area contributed by atoms with Gasteiger partial charge in [0.05, 0.1) is 58.6 Å². The third-order valence-electron chi connectivity index (χ3n) is 6.51. The molecule has 3 N–H and O–H groups in total. The van der Waals surface area contributed by atoms with Crippen molar-refractivity contribution in [1.82, 2.24) is 5.32 Å². The topological polar surface area (TPSA) is 147 Å². The minimum absolute atomic E-state index is 0.0599. The maximum Gasteiger partial charge on any atom is 0.338 e. The molecule has 1 aromatic carbocycles. The Kier molecular flexibility index (Phi) is 10.0. The van der Waals surface area contributed by atoms with Crippen LogP contribution in [0.3, 0.4) is 0 Å². The van der Waals surface area contributed by atoms with Gasteiger partial charge in [-0.2, -0.15) is 10.5 Å². The molecular weight excluding hydrogens is 596 g/mol. The molecule has 0 saturated carbocycles. The predicted molar refractivity (Wildman–Crippen MR) is 160 cm³/mol. The average molecular weight is 623 g/mol. The van der Waals surface area contributed by atoms with Gasteiger partial charge in [-0.1, -0.05) is 41.6 Å². The first-order valence-corrected chi connectivity index (χ1v) is 15.2. The summed E-state index contributed by atoms with van der Waals surface area (Å²) in [7, 11) is 0. The summed E-state index contributed by atoms with van der Waals surface area (Å²) in [6.45, 7) is 5.45. The molecule has 4 rings (SSSR count). The molecule has 42 heavy (non-hydrogen) atoms. The summed E-state index contributed by atoms with van der Waals surface area (Å²) in [6.07, 6.45) is 0. The van der Waals surface area contributed by atoms with Crippen molar-refractivity contribution in [2.24, 2.45) is 5.73 Å². The third-order valence-corrected chi connectivity index (χ3v) is 8.72. The van der Waals surface area contributed by atoms with Crippen LogP contribution in [0, 0.1) is 22.7 Å². The van der Waals surface area contributed by atoms with E-state index >= 15 is 0 Å². The van der Waals surface area contributed by atoms with E-state index in [-0.39, 0.29) is 41.8 Å². The maximum absolute atomic E-state index is 13.3. The van der Waals surface area contributed by atoms with Crippen molar-refractivity contribution in [2.45, 2.75) is 32.6 Å². The number of nitrogens with two attached hydrogens (primary N) is 1. The van der Waals surface area contributed by atoms with Crippen LogP contribution < -0.4 is 11.1 Å². The average Bonchev–Trinajstić information content (AvgIpc) is 3.50. The Hall–Kier alpha value is -4.16. The summed E-state index contributed by atoms with van der Waals surface area (Å²) in [5.74, 6) is -2.54. The summed E-state index contributed by atoms with van der Waals surface area (Å²) >= 11 is 8.73. The molecule has 9 nitrogen and oxygen atoms in total. The van der Waals surface area contributed by atoms with Crippen molar-refractivity contribution in [3.05, 3.63) is 102 Å². The van der Waals surface area contributed by atoms with Crippen molar-refractivity contribution in [3.8, 4) is 12.1 Å². The number of carbonyl (C=O) groups is 2. The van der Waals surface area contributed by atoms with Crippen LogP contribution in [0.2, 0.25) is 5.02 Å². The highest BCUT2D eigenvalue weighted by atomic mass is 35.5. The van der Waals surface area contributed by atoms with Crippen LogP contribution in [-0.4, -0.2) is 30.9 Å². The molecule has 2 unspecified atom stereocenters. The third kappa shape index (κ3) is 6.19. The lowest BCUT2D eigenvalue weighted by Gasteiger charge is -2.30. The van der Waals surface area contributed by atoms with Crippen LogP contribution in [0.1, 0.15) is 43.0 Å². The molecule has 2 aliphatic heterocycles. The number of hydrogen-bond acceptors (Lipinski definition) is 11. The largest absolute Gasteiger partial charge is 0.463 e. The van der Waals surface area contributed by atoms with Crippen LogP contribution in [-0.2, 0) is 23.8 Å². The fourth-order valence-electron chi connectivity index (χ4n) is 4.73. The second-order valence-electron chi connectivity index (χ2n) is 9.01. The van der Waals surface area contributed by atoms with Gasteiger partial charge in [0.15, 0.2) is 0 Å². The molecule has 0 aliphatic carbocycles. The van der Waals surface area contributed by atoms with E-state index < -0.39 is 23.8 Å². The van der Waals surface area contributed by atoms with E-state index in [1.165, 1.54) is 23.1 Å². The van der Waals surface area contributed by atoms with Gasteiger partial charge in [-0.3, -0.25) is 0 Å². The fourth-order valence-corrected chi connectivity index (χ4v) is 6.73. The first-order chi connectivity index (χ1) is 20.2. The van der Waals surface area contributed by atoms with E-state index in [4.69, 9.17) is 31.5 Å². The Morgan fingerprint density at radius 3 is 2.26 bits per heavy atom. The molecule has 0 saturated heterocycles. The second kappa shape index (κ2) is 13.7. The molecule has 2 aliphatic rings. The number of thiophene rings is 1. The molecule has 1 aromatic heterocycles. The summed E-state index contributed by atoms with van der Waals surface area (Å²) in [5.41, 5.74) is 8.22. The Morgan fingerprint density at radius 2 is 1.69 bits per heavy atom. The molecule has 0 spiro atoms. The number of nitrogens with zero attached hydrogens (tertiary/aromatic N) is 2. The zero-order valence-electron chi connectivity index (χ0n) is 23.0. The fraction of sp³-hybridized carbons (Fsp3) is 0.267. The van der Waals surface area contributed by atoms with E-state index in [1.807, 2.05) is 17.5 Å². The van der Waals surface area contributed by atoms with Crippen LogP contribution in [0.15, 0.2) is 86.4 Å². The van der Waals surface area contributed by atoms with Crippen molar-refractivity contribution in [1.29, 1.82) is 10.5 Å². The molecule has 2 aromatic rings. The zero-order chi connectivity index (χ0) is 30.4. The number of thioether (sulfide) groups is 1. The first-order valence-electron chi connectivity index (χ1n) is 12.9. The highest BCUT2D eigenvalue weighted by Gasteiger charge is 2.39. The monoisotopic (exact) mass is 622 g/mol. The second-order valence-corrected chi connectivity index (χ2v) is 11.4. The minimum atomic E-state index is -0.852. The quantitative estimate of drug-likeness (QED) is 0.333. The van der Waals surface area contributed by atoms with Crippen molar-refractivity contribution in [3.63, 3.8) is 0 Å². The lowest BCUT2D eigenvalue weighted by Crippen LogP contribution is -2.29. The Balaban J connectivity index is 1.79. The van der Waals surface area contributed by atoms with E-state index in [0.717, 1.165) is 4.88 Å². The SMILES string of the molecule is CCOC(=O)C1=C(CSC2=C(C#N)C(c3cccs3)C(C(=O)OCC)=C(C)N2)OC(N)=C(C#N)C1c1ccc(Cl)cc1. The van der Waals surface area contributed by atoms with E-state index in [2.05, 4.69) is 17.5 Å². The van der Waals surface area contributed by atoms with Crippen LogP contribution in [0.4, 0.5) is 0 Å². The minimum Gasteiger partial charge on any atom is -0.463 e. The lowest BCUT2D eigenvalue weighted by atomic mass is 9.83. The normalized spacial score (nSPS) is 18.6. The molecule has 216 valence electrons. The molecule has 0 fully saturated rings. The number of rotatable bonds is 9. The number of carbonyl (C=O) groups excluding carboxylic acids is 2. The molecule has 0 amide bonds. The molecule has 12 heteroatoms. The summed E-state index contributed by atoms with van der Waals surface area (Å²) in [4.78, 5) is 27.1. The number of halogens is 1. The predicted octanol–water partition coefficient (Wildman–Crippen LogP) is 5.72. The molecular formula is C30H27ClN4O5S2. The van der Waals surface area contributed by atoms with Crippen molar-refractivity contribution >= 4 is 46.6 Å². The van der Waals surface area contributed by atoms with Gasteiger partial charge in [-0.15, -0.1) is 11.3 Å². The van der Waals surface area contributed by atoms with Gasteiger partial charge in [0.2, 0.25) is 5.88 Å².